The number of hydrogen-bond acceptors (Lipinski definition) is 9. The molecule has 0 spiro atoms. The standard InChI is InChI=1S/C32H32N4O6S2/c1-19-18-43-32(33-19)36-29(37)20(2)44-24-13-9-12-23(16-24)34-31(39)25(35-30(38)21-10-7-6-8-11-21)14-22-15-27(41-4)28(42-5)17-26(22)40-3/h6-18,20H,1-5H3,(H,34,39)(H,35,38)(H,33,36,37)/b25-14+. The Balaban J connectivity index is 1.58. The summed E-state index contributed by atoms with van der Waals surface area (Å²) in [7, 11) is 4.49. The molecule has 10 nitrogen and oxygen atoms in total. The van der Waals surface area contributed by atoms with Gasteiger partial charge in [-0.25, -0.2) is 4.98 Å². The molecule has 1 atom stereocenters. The lowest BCUT2D eigenvalue weighted by Crippen LogP contribution is -2.30. The Bertz CT molecular complexity index is 1670. The van der Waals surface area contributed by atoms with Crippen molar-refractivity contribution in [3.63, 3.8) is 0 Å². The number of carbonyl (C=O) groups excluding carboxylic acids is 3. The van der Waals surface area contributed by atoms with Gasteiger partial charge in [-0.1, -0.05) is 24.3 Å². The Morgan fingerprint density at radius 2 is 1.59 bits per heavy atom. The first kappa shape index (κ1) is 32.1. The predicted octanol–water partition coefficient (Wildman–Crippen LogP) is 6.01. The molecule has 1 heterocycles. The molecule has 1 unspecified atom stereocenters. The van der Waals surface area contributed by atoms with E-state index in [9.17, 15) is 14.4 Å². The van der Waals surface area contributed by atoms with E-state index in [1.54, 1.807) is 67.6 Å². The van der Waals surface area contributed by atoms with Crippen LogP contribution in [0.3, 0.4) is 0 Å². The fraction of sp³-hybridized carbons (Fsp3) is 0.188. The van der Waals surface area contributed by atoms with Crippen LogP contribution < -0.4 is 30.2 Å². The number of benzene rings is 3. The van der Waals surface area contributed by atoms with E-state index in [-0.39, 0.29) is 11.6 Å². The van der Waals surface area contributed by atoms with Crippen molar-refractivity contribution in [2.45, 2.75) is 24.0 Å². The van der Waals surface area contributed by atoms with Gasteiger partial charge in [-0.15, -0.1) is 23.1 Å². The number of thioether (sulfide) groups is 1. The molecular weight excluding hydrogens is 601 g/mol. The second-order valence-electron chi connectivity index (χ2n) is 9.35. The summed E-state index contributed by atoms with van der Waals surface area (Å²) in [4.78, 5) is 44.5. The van der Waals surface area contributed by atoms with Gasteiger partial charge in [0.2, 0.25) is 5.91 Å². The predicted molar refractivity (Wildman–Crippen MR) is 174 cm³/mol. The third kappa shape index (κ3) is 8.39. The van der Waals surface area contributed by atoms with Gasteiger partial charge in [-0.3, -0.25) is 14.4 Å². The first-order valence-electron chi connectivity index (χ1n) is 13.4. The summed E-state index contributed by atoms with van der Waals surface area (Å²) in [6, 6.07) is 18.9. The average molecular weight is 633 g/mol. The van der Waals surface area contributed by atoms with Gasteiger partial charge in [0, 0.05) is 33.2 Å². The van der Waals surface area contributed by atoms with Crippen molar-refractivity contribution in [1.29, 1.82) is 0 Å². The Morgan fingerprint density at radius 3 is 2.25 bits per heavy atom. The minimum absolute atomic E-state index is 0.0334. The van der Waals surface area contributed by atoms with E-state index in [2.05, 4.69) is 20.9 Å². The number of aryl methyl sites for hydroxylation is 1. The van der Waals surface area contributed by atoms with Crippen molar-refractivity contribution >= 4 is 57.7 Å². The third-order valence-electron chi connectivity index (χ3n) is 6.19. The summed E-state index contributed by atoms with van der Waals surface area (Å²) in [6.07, 6.45) is 1.50. The molecule has 0 radical (unpaired) electrons. The molecule has 3 amide bonds. The zero-order chi connectivity index (χ0) is 31.6. The zero-order valence-corrected chi connectivity index (χ0v) is 26.4. The van der Waals surface area contributed by atoms with E-state index >= 15 is 0 Å². The largest absolute Gasteiger partial charge is 0.496 e. The lowest BCUT2D eigenvalue weighted by molar-refractivity contribution is -0.115. The van der Waals surface area contributed by atoms with Crippen LogP contribution in [0.15, 0.2) is 82.7 Å². The average Bonchev–Trinajstić information content (AvgIpc) is 3.44. The van der Waals surface area contributed by atoms with Crippen molar-refractivity contribution < 1.29 is 28.6 Å². The molecule has 4 rings (SSSR count). The van der Waals surface area contributed by atoms with Gasteiger partial charge in [-0.05, 0) is 56.3 Å². The van der Waals surface area contributed by atoms with E-state index in [4.69, 9.17) is 14.2 Å². The van der Waals surface area contributed by atoms with Crippen molar-refractivity contribution in [1.82, 2.24) is 10.3 Å². The molecule has 4 aromatic rings. The number of nitrogens with one attached hydrogen (secondary N) is 3. The number of nitrogens with zero attached hydrogens (tertiary/aromatic N) is 1. The van der Waals surface area contributed by atoms with Gasteiger partial charge in [-0.2, -0.15) is 0 Å². The van der Waals surface area contributed by atoms with Crippen LogP contribution in [0.4, 0.5) is 10.8 Å². The van der Waals surface area contributed by atoms with Crippen LogP contribution in [-0.4, -0.2) is 49.3 Å². The Hall–Kier alpha value is -4.81. The quantitative estimate of drug-likeness (QED) is 0.128. The Labute approximate surface area is 263 Å². The Kier molecular flexibility index (Phi) is 11.0. The van der Waals surface area contributed by atoms with E-state index in [0.29, 0.717) is 39.2 Å². The number of methoxy groups -OCH3 is 3. The molecule has 1 aromatic heterocycles. The summed E-state index contributed by atoms with van der Waals surface area (Å²) in [5, 5.41) is 10.4. The maximum Gasteiger partial charge on any atom is 0.272 e. The molecule has 3 aromatic carbocycles. The van der Waals surface area contributed by atoms with Crippen LogP contribution >= 0.6 is 23.1 Å². The number of carbonyl (C=O) groups is 3. The molecule has 12 heteroatoms. The summed E-state index contributed by atoms with van der Waals surface area (Å²) in [5.41, 5.74) is 2.13. The van der Waals surface area contributed by atoms with Crippen LogP contribution in [-0.2, 0) is 9.59 Å². The van der Waals surface area contributed by atoms with Crippen molar-refractivity contribution in [3.05, 3.63) is 94.6 Å². The van der Waals surface area contributed by atoms with Gasteiger partial charge in [0.25, 0.3) is 11.8 Å². The van der Waals surface area contributed by atoms with E-state index in [1.807, 2.05) is 18.4 Å². The zero-order valence-electron chi connectivity index (χ0n) is 24.8. The fourth-order valence-electron chi connectivity index (χ4n) is 3.99. The van der Waals surface area contributed by atoms with Crippen molar-refractivity contribution in [2.75, 3.05) is 32.0 Å². The summed E-state index contributed by atoms with van der Waals surface area (Å²) >= 11 is 2.70. The minimum atomic E-state index is -0.571. The maximum absolute atomic E-state index is 13.6. The van der Waals surface area contributed by atoms with E-state index < -0.39 is 17.1 Å². The van der Waals surface area contributed by atoms with Crippen molar-refractivity contribution in [3.8, 4) is 17.2 Å². The second kappa shape index (κ2) is 15.1. The van der Waals surface area contributed by atoms with Crippen LogP contribution in [0.5, 0.6) is 17.2 Å². The number of rotatable bonds is 12. The van der Waals surface area contributed by atoms with Gasteiger partial charge in [0.1, 0.15) is 11.4 Å². The second-order valence-corrected chi connectivity index (χ2v) is 11.6. The van der Waals surface area contributed by atoms with Crippen LogP contribution in [0.2, 0.25) is 0 Å². The van der Waals surface area contributed by atoms with E-state index in [1.165, 1.54) is 50.5 Å². The number of aromatic nitrogens is 1. The molecule has 0 fully saturated rings. The van der Waals surface area contributed by atoms with Crippen molar-refractivity contribution in [2.24, 2.45) is 0 Å². The monoisotopic (exact) mass is 632 g/mol. The number of hydrogen-bond donors (Lipinski definition) is 3. The third-order valence-corrected chi connectivity index (χ3v) is 8.16. The number of ether oxygens (including phenoxy) is 3. The topological polar surface area (TPSA) is 128 Å². The molecular formula is C32H32N4O6S2. The van der Waals surface area contributed by atoms with E-state index in [0.717, 1.165) is 10.6 Å². The lowest BCUT2D eigenvalue weighted by Gasteiger charge is -2.15. The molecule has 0 aliphatic heterocycles. The molecule has 0 saturated heterocycles. The summed E-state index contributed by atoms with van der Waals surface area (Å²) in [5.74, 6) is 0.0441. The van der Waals surface area contributed by atoms with Crippen LogP contribution in [0, 0.1) is 6.92 Å². The molecule has 0 aliphatic carbocycles. The first-order valence-corrected chi connectivity index (χ1v) is 15.2. The molecule has 3 N–H and O–H groups in total. The summed E-state index contributed by atoms with van der Waals surface area (Å²) < 4.78 is 16.3. The van der Waals surface area contributed by atoms with Gasteiger partial charge in [0.15, 0.2) is 16.6 Å². The van der Waals surface area contributed by atoms with Crippen LogP contribution in [0.25, 0.3) is 6.08 Å². The maximum atomic E-state index is 13.6. The highest BCUT2D eigenvalue weighted by Gasteiger charge is 2.19. The molecule has 228 valence electrons. The SMILES string of the molecule is COc1cc(OC)c(OC)cc1/C=C(/NC(=O)c1ccccc1)C(=O)Nc1cccc(SC(C)C(=O)Nc2nc(C)cs2)c1. The Morgan fingerprint density at radius 1 is 0.886 bits per heavy atom. The van der Waals surface area contributed by atoms with Gasteiger partial charge >= 0.3 is 0 Å². The normalized spacial score (nSPS) is 11.7. The highest BCUT2D eigenvalue weighted by molar-refractivity contribution is 8.00. The lowest BCUT2D eigenvalue weighted by atomic mass is 10.1. The summed E-state index contributed by atoms with van der Waals surface area (Å²) in [6.45, 7) is 3.66. The number of thiazole rings is 1. The number of amides is 3. The highest BCUT2D eigenvalue weighted by atomic mass is 32.2. The molecule has 0 bridgehead atoms. The molecule has 44 heavy (non-hydrogen) atoms. The van der Waals surface area contributed by atoms with Crippen LogP contribution in [0.1, 0.15) is 28.5 Å². The fourth-order valence-corrected chi connectivity index (χ4v) is 5.60. The minimum Gasteiger partial charge on any atom is -0.496 e. The van der Waals surface area contributed by atoms with Gasteiger partial charge < -0.3 is 30.2 Å². The first-order chi connectivity index (χ1) is 21.2. The number of anilines is 2. The molecule has 0 aliphatic rings. The van der Waals surface area contributed by atoms with Gasteiger partial charge in [0.05, 0.1) is 32.3 Å². The highest BCUT2D eigenvalue weighted by Crippen LogP contribution is 2.36. The smallest absolute Gasteiger partial charge is 0.272 e. The molecule has 0 saturated carbocycles.